The van der Waals surface area contributed by atoms with E-state index in [2.05, 4.69) is 5.32 Å². The molecule has 1 amide bonds. The largest absolute Gasteiger partial charge is 0.496 e. The van der Waals surface area contributed by atoms with Crippen LogP contribution in [0.25, 0.3) is 0 Å². The van der Waals surface area contributed by atoms with Crippen LogP contribution in [0, 0.1) is 10.1 Å². The van der Waals surface area contributed by atoms with Crippen molar-refractivity contribution in [2.24, 2.45) is 5.73 Å². The Morgan fingerprint density at radius 1 is 1.19 bits per heavy atom. The van der Waals surface area contributed by atoms with E-state index in [1.54, 1.807) is 24.3 Å². The molecule has 0 aliphatic heterocycles. The van der Waals surface area contributed by atoms with E-state index in [9.17, 15) is 23.3 Å². The first-order valence-electron chi connectivity index (χ1n) is 10.8. The number of nitrogens with one attached hydrogen (secondary N) is 1. The smallest absolute Gasteiger partial charge is 0.300 e. The molecule has 192 valence electrons. The van der Waals surface area contributed by atoms with Gasteiger partial charge < -0.3 is 15.8 Å². The first-order chi connectivity index (χ1) is 17.1. The molecular formula is C23H25ClN4O6S2. The van der Waals surface area contributed by atoms with Crippen LogP contribution in [0.5, 0.6) is 5.75 Å². The Balaban J connectivity index is 1.81. The van der Waals surface area contributed by atoms with Crippen LogP contribution in [0.15, 0.2) is 58.8 Å². The van der Waals surface area contributed by atoms with Gasteiger partial charge in [0.2, 0.25) is 5.91 Å². The second kappa shape index (κ2) is 12.3. The molecular weight excluding hydrogens is 528 g/mol. The van der Waals surface area contributed by atoms with Gasteiger partial charge in [0.25, 0.3) is 15.7 Å². The predicted octanol–water partition coefficient (Wildman–Crippen LogP) is 3.33. The molecule has 13 heteroatoms. The fraction of sp³-hybridized carbons (Fsp3) is 0.261. The lowest BCUT2D eigenvalue weighted by Gasteiger charge is -2.21. The molecule has 3 rings (SSSR count). The van der Waals surface area contributed by atoms with E-state index in [0.717, 1.165) is 27.1 Å². The minimum Gasteiger partial charge on any atom is -0.496 e. The quantitative estimate of drug-likeness (QED) is 0.259. The lowest BCUT2D eigenvalue weighted by Crippen LogP contribution is -2.41. The molecule has 0 bridgehead atoms. The summed E-state index contributed by atoms with van der Waals surface area (Å²) >= 11 is 6.47. The van der Waals surface area contributed by atoms with Gasteiger partial charge in [-0.1, -0.05) is 54.1 Å². The summed E-state index contributed by atoms with van der Waals surface area (Å²) in [5, 5.41) is 13.9. The monoisotopic (exact) mass is 552 g/mol. The Morgan fingerprint density at radius 2 is 1.86 bits per heavy atom. The topological polar surface area (TPSA) is 145 Å². The molecule has 0 unspecified atom stereocenters. The number of hydrogen-bond acceptors (Lipinski definition) is 8. The summed E-state index contributed by atoms with van der Waals surface area (Å²) in [5.41, 5.74) is 7.61. The van der Waals surface area contributed by atoms with Crippen LogP contribution in [-0.4, -0.2) is 43.8 Å². The van der Waals surface area contributed by atoms with E-state index in [1.807, 2.05) is 24.3 Å². The zero-order valence-electron chi connectivity index (χ0n) is 19.3. The normalized spacial score (nSPS) is 11.4. The SMILES string of the molecule is COc1ccccc1CCN(CC(=O)NCc1ccc(CN)cc1)S(=O)(=O)c1cc([N+](=O)[O-])c(Cl)s1. The second-order valence-corrected chi connectivity index (χ2v) is 11.5. The highest BCUT2D eigenvalue weighted by molar-refractivity contribution is 7.91. The highest BCUT2D eigenvalue weighted by atomic mass is 35.5. The van der Waals surface area contributed by atoms with Crippen molar-refractivity contribution in [3.05, 3.63) is 85.7 Å². The predicted molar refractivity (Wildman–Crippen MR) is 138 cm³/mol. The van der Waals surface area contributed by atoms with Gasteiger partial charge in [-0.3, -0.25) is 14.9 Å². The Labute approximate surface area is 217 Å². The van der Waals surface area contributed by atoms with Crippen LogP contribution in [0.3, 0.4) is 0 Å². The van der Waals surface area contributed by atoms with Crippen molar-refractivity contribution in [2.45, 2.75) is 23.7 Å². The molecule has 1 aromatic heterocycles. The molecule has 36 heavy (non-hydrogen) atoms. The van der Waals surface area contributed by atoms with Crippen molar-refractivity contribution in [3.8, 4) is 5.75 Å². The van der Waals surface area contributed by atoms with Gasteiger partial charge in [0.1, 0.15) is 9.96 Å². The minimum absolute atomic E-state index is 0.0648. The summed E-state index contributed by atoms with van der Waals surface area (Å²) in [5.74, 6) is 0.0497. The van der Waals surface area contributed by atoms with E-state index >= 15 is 0 Å². The van der Waals surface area contributed by atoms with Crippen LogP contribution < -0.4 is 15.8 Å². The average molecular weight is 553 g/mol. The number of para-hydroxylation sites is 1. The van der Waals surface area contributed by atoms with Gasteiger partial charge in [0, 0.05) is 25.7 Å². The molecule has 3 N–H and O–H groups in total. The molecule has 0 aliphatic rings. The zero-order chi connectivity index (χ0) is 26.3. The first kappa shape index (κ1) is 27.6. The fourth-order valence-corrected chi connectivity index (χ4v) is 6.58. The van der Waals surface area contributed by atoms with Crippen molar-refractivity contribution >= 4 is 44.6 Å². The number of halogens is 1. The van der Waals surface area contributed by atoms with Crippen molar-refractivity contribution in [3.63, 3.8) is 0 Å². The van der Waals surface area contributed by atoms with Crippen LogP contribution in [0.1, 0.15) is 16.7 Å². The van der Waals surface area contributed by atoms with Crippen molar-refractivity contribution < 1.29 is 22.9 Å². The van der Waals surface area contributed by atoms with Gasteiger partial charge in [-0.25, -0.2) is 8.42 Å². The lowest BCUT2D eigenvalue weighted by molar-refractivity contribution is -0.384. The Morgan fingerprint density at radius 3 is 2.47 bits per heavy atom. The maximum absolute atomic E-state index is 13.4. The number of rotatable bonds is 12. The molecule has 10 nitrogen and oxygen atoms in total. The third-order valence-electron chi connectivity index (χ3n) is 5.33. The van der Waals surface area contributed by atoms with E-state index in [-0.39, 0.29) is 28.1 Å². The number of hydrogen-bond donors (Lipinski definition) is 2. The standard InChI is InChI=1S/C23H25ClN4O6S2/c1-34-20-5-3-2-4-18(20)10-11-27(36(32,33)22-12-19(28(30)31)23(24)35-22)15-21(29)26-14-17-8-6-16(13-25)7-9-17/h2-9,12H,10-11,13-15,25H2,1H3,(H,26,29). The molecule has 0 radical (unpaired) electrons. The Bertz CT molecular complexity index is 1330. The number of nitrogens with two attached hydrogens (primary N) is 1. The summed E-state index contributed by atoms with van der Waals surface area (Å²) < 4.78 is 32.6. The number of ether oxygens (including phenoxy) is 1. The van der Waals surface area contributed by atoms with Crippen molar-refractivity contribution in [2.75, 3.05) is 20.2 Å². The number of benzene rings is 2. The molecule has 0 atom stereocenters. The van der Waals surface area contributed by atoms with Gasteiger partial charge in [0.05, 0.1) is 18.6 Å². The molecule has 2 aromatic carbocycles. The van der Waals surface area contributed by atoms with Gasteiger partial charge >= 0.3 is 0 Å². The summed E-state index contributed by atoms with van der Waals surface area (Å²) in [6.07, 6.45) is 0.248. The zero-order valence-corrected chi connectivity index (χ0v) is 21.7. The first-order valence-corrected chi connectivity index (χ1v) is 13.4. The van der Waals surface area contributed by atoms with Crippen LogP contribution in [-0.2, 0) is 34.3 Å². The van der Waals surface area contributed by atoms with E-state index in [1.165, 1.54) is 7.11 Å². The van der Waals surface area contributed by atoms with E-state index in [0.29, 0.717) is 23.6 Å². The number of methoxy groups -OCH3 is 1. The van der Waals surface area contributed by atoms with Crippen LogP contribution in [0.2, 0.25) is 4.34 Å². The Hall–Kier alpha value is -3.03. The molecule has 1 heterocycles. The fourth-order valence-electron chi connectivity index (χ4n) is 3.37. The number of carbonyl (C=O) groups is 1. The van der Waals surface area contributed by atoms with E-state index in [4.69, 9.17) is 22.1 Å². The molecule has 3 aromatic rings. The third-order valence-corrected chi connectivity index (χ3v) is 8.96. The maximum Gasteiger partial charge on any atom is 0.300 e. The van der Waals surface area contributed by atoms with Crippen molar-refractivity contribution in [1.29, 1.82) is 0 Å². The van der Waals surface area contributed by atoms with Crippen molar-refractivity contribution in [1.82, 2.24) is 9.62 Å². The summed E-state index contributed by atoms with van der Waals surface area (Å²) in [7, 11) is -2.76. The van der Waals surface area contributed by atoms with Crippen LogP contribution in [0.4, 0.5) is 5.69 Å². The number of carbonyl (C=O) groups excluding carboxylic acids is 1. The molecule has 0 aliphatic carbocycles. The number of nitrogens with zero attached hydrogens (tertiary/aromatic N) is 2. The number of nitro groups is 1. The highest BCUT2D eigenvalue weighted by Gasteiger charge is 2.32. The second-order valence-electron chi connectivity index (χ2n) is 7.68. The number of amides is 1. The maximum atomic E-state index is 13.4. The average Bonchev–Trinajstić information content (AvgIpc) is 3.28. The molecule has 0 spiro atoms. The number of thiophene rings is 1. The van der Waals surface area contributed by atoms with Crippen LogP contribution >= 0.6 is 22.9 Å². The molecule has 0 fully saturated rings. The molecule has 0 saturated carbocycles. The highest BCUT2D eigenvalue weighted by Crippen LogP contribution is 2.37. The summed E-state index contributed by atoms with van der Waals surface area (Å²) in [4.78, 5) is 23.2. The minimum atomic E-state index is -4.27. The van der Waals surface area contributed by atoms with Gasteiger partial charge in [-0.05, 0) is 29.2 Å². The Kier molecular flexibility index (Phi) is 9.40. The molecule has 0 saturated heterocycles. The van der Waals surface area contributed by atoms with E-state index < -0.39 is 33.1 Å². The summed E-state index contributed by atoms with van der Waals surface area (Å²) in [6.45, 7) is 0.0449. The van der Waals surface area contributed by atoms with Gasteiger partial charge in [0.15, 0.2) is 4.34 Å². The van der Waals surface area contributed by atoms with Gasteiger partial charge in [-0.2, -0.15) is 4.31 Å². The number of sulfonamides is 1. The lowest BCUT2D eigenvalue weighted by atomic mass is 10.1. The third kappa shape index (κ3) is 6.80. The summed E-state index contributed by atoms with van der Waals surface area (Å²) in [6, 6.07) is 15.4. The van der Waals surface area contributed by atoms with Gasteiger partial charge in [-0.15, -0.1) is 11.3 Å².